The monoisotopic (exact) mass is 383 g/mol. The highest BCUT2D eigenvalue weighted by Crippen LogP contribution is 2.10. The summed E-state index contributed by atoms with van der Waals surface area (Å²) >= 11 is 0. The number of hydrogen-bond acceptors (Lipinski definition) is 2. The van der Waals surface area contributed by atoms with Gasteiger partial charge < -0.3 is 9.74 Å². The van der Waals surface area contributed by atoms with E-state index in [4.69, 9.17) is 5.11 Å². The van der Waals surface area contributed by atoms with E-state index < -0.39 is 0 Å². The van der Waals surface area contributed by atoms with Gasteiger partial charge in [0, 0.05) is 7.11 Å². The van der Waals surface area contributed by atoms with Crippen LogP contribution in [0.4, 0.5) is 5.69 Å². The Morgan fingerprint density at radius 1 is 0.720 bits per heavy atom. The van der Waals surface area contributed by atoms with E-state index in [-0.39, 0.29) is 9.52 Å². The van der Waals surface area contributed by atoms with Crippen molar-refractivity contribution < 1.29 is 5.11 Å². The molecule has 1 unspecified atom stereocenters. The van der Waals surface area contributed by atoms with Crippen LogP contribution in [0.25, 0.3) is 0 Å². The van der Waals surface area contributed by atoms with Crippen LogP contribution in [-0.4, -0.2) is 37.4 Å². The molecule has 3 aromatic rings. The molecule has 0 saturated carbocycles. The van der Waals surface area contributed by atoms with E-state index in [0.717, 1.165) is 20.9 Å². The lowest BCUT2D eigenvalue weighted by atomic mass is 10.3. The normalized spacial score (nSPS) is 10.0. The SMILES string of the molecule is CO.CP[SiH]=Nc1ccccc1.c1ccc([SiH2]c2ccccc2)cc1. The number of nitrogens with zero attached hydrogens (tertiary/aromatic N) is 1. The van der Waals surface area contributed by atoms with E-state index in [0.29, 0.717) is 8.98 Å². The fraction of sp³-hybridized carbons (Fsp3) is 0.100. The van der Waals surface area contributed by atoms with Crippen LogP contribution in [0.2, 0.25) is 0 Å². The van der Waals surface area contributed by atoms with E-state index in [9.17, 15) is 0 Å². The molecule has 0 aromatic heterocycles. The Kier molecular flexibility index (Phi) is 12.5. The van der Waals surface area contributed by atoms with Crippen molar-refractivity contribution in [1.82, 2.24) is 0 Å². The Bertz CT molecular complexity index is 657. The molecule has 0 aliphatic rings. The molecule has 1 N–H and O–H groups in total. The predicted molar refractivity (Wildman–Crippen MR) is 119 cm³/mol. The Labute approximate surface area is 157 Å². The minimum absolute atomic E-state index is 0.234. The third-order valence-corrected chi connectivity index (χ3v) is 6.80. The molecular weight excluding hydrogens is 357 g/mol. The van der Waals surface area contributed by atoms with Gasteiger partial charge in [-0.2, -0.15) is 0 Å². The zero-order chi connectivity index (χ0) is 18.2. The summed E-state index contributed by atoms with van der Waals surface area (Å²) in [7, 11) is 2.08. The lowest BCUT2D eigenvalue weighted by Crippen LogP contribution is -2.26. The maximum Gasteiger partial charge on any atom is 0.138 e. The first kappa shape index (κ1) is 21.3. The average molecular weight is 384 g/mol. The van der Waals surface area contributed by atoms with Crippen LogP contribution in [0.3, 0.4) is 0 Å². The smallest absolute Gasteiger partial charge is 0.138 e. The van der Waals surface area contributed by atoms with Crippen molar-refractivity contribution in [3.63, 3.8) is 0 Å². The summed E-state index contributed by atoms with van der Waals surface area (Å²) in [5.74, 6) is 0. The van der Waals surface area contributed by atoms with Gasteiger partial charge in [-0.15, -0.1) is 8.13 Å². The minimum atomic E-state index is -0.234. The van der Waals surface area contributed by atoms with Crippen molar-refractivity contribution in [2.75, 3.05) is 13.8 Å². The molecule has 3 rings (SSSR count). The summed E-state index contributed by atoms with van der Waals surface area (Å²) in [6.45, 7) is 2.20. The summed E-state index contributed by atoms with van der Waals surface area (Å²) in [6, 6.07) is 31.7. The molecule has 0 amide bonds. The molecule has 0 saturated heterocycles. The zero-order valence-electron chi connectivity index (χ0n) is 14.8. The van der Waals surface area contributed by atoms with Crippen molar-refractivity contribution in [2.45, 2.75) is 0 Å². The van der Waals surface area contributed by atoms with Crippen molar-refractivity contribution >= 4 is 42.7 Å². The van der Waals surface area contributed by atoms with E-state index in [1.807, 2.05) is 30.3 Å². The first-order valence-electron chi connectivity index (χ1n) is 8.16. The number of benzene rings is 3. The Morgan fingerprint density at radius 2 is 1.12 bits per heavy atom. The average Bonchev–Trinajstić information content (AvgIpc) is 2.71. The van der Waals surface area contributed by atoms with Crippen molar-refractivity contribution in [1.29, 1.82) is 0 Å². The zero-order valence-corrected chi connectivity index (χ0v) is 18.4. The van der Waals surface area contributed by atoms with Gasteiger partial charge in [0.15, 0.2) is 0 Å². The van der Waals surface area contributed by atoms with Gasteiger partial charge in [-0.25, -0.2) is 0 Å². The third-order valence-electron chi connectivity index (χ3n) is 3.19. The number of hydrogen-bond donors (Lipinski definition) is 1. The van der Waals surface area contributed by atoms with Crippen LogP contribution in [0, 0.1) is 0 Å². The van der Waals surface area contributed by atoms with Gasteiger partial charge in [0.05, 0.1) is 15.2 Å². The van der Waals surface area contributed by atoms with Gasteiger partial charge in [0.1, 0.15) is 8.98 Å². The van der Waals surface area contributed by atoms with Crippen molar-refractivity contribution in [2.24, 2.45) is 4.63 Å². The lowest BCUT2D eigenvalue weighted by molar-refractivity contribution is 0.399. The van der Waals surface area contributed by atoms with Crippen molar-refractivity contribution in [3.05, 3.63) is 91.0 Å². The predicted octanol–water partition coefficient (Wildman–Crippen LogP) is 2.58. The van der Waals surface area contributed by atoms with Crippen LogP contribution in [0.15, 0.2) is 95.6 Å². The Balaban J connectivity index is 0.000000235. The molecule has 2 nitrogen and oxygen atoms in total. The minimum Gasteiger partial charge on any atom is -0.400 e. The van der Waals surface area contributed by atoms with E-state index in [1.165, 1.54) is 10.4 Å². The summed E-state index contributed by atoms with van der Waals surface area (Å²) in [4.78, 5) is 0. The molecule has 1 atom stereocenters. The molecule has 130 valence electrons. The van der Waals surface area contributed by atoms with Gasteiger partial charge in [-0.1, -0.05) is 89.2 Å². The number of para-hydroxylation sites is 1. The molecule has 0 aliphatic carbocycles. The molecule has 0 fully saturated rings. The van der Waals surface area contributed by atoms with Gasteiger partial charge in [-0.3, -0.25) is 0 Å². The van der Waals surface area contributed by atoms with Gasteiger partial charge in [-0.05, 0) is 18.8 Å². The lowest BCUT2D eigenvalue weighted by Gasteiger charge is -1.99. The van der Waals surface area contributed by atoms with Crippen LogP contribution in [-0.2, 0) is 0 Å². The summed E-state index contributed by atoms with van der Waals surface area (Å²) < 4.78 is 4.42. The highest BCUT2D eigenvalue weighted by Gasteiger charge is 1.93. The second-order valence-electron chi connectivity index (χ2n) is 5.03. The highest BCUT2D eigenvalue weighted by molar-refractivity contribution is 7.67. The first-order valence-corrected chi connectivity index (χ1v) is 13.4. The van der Waals surface area contributed by atoms with Crippen LogP contribution < -0.4 is 10.4 Å². The second-order valence-corrected chi connectivity index (χ2v) is 10.6. The fourth-order valence-electron chi connectivity index (χ4n) is 2.08. The quantitative estimate of drug-likeness (QED) is 0.545. The summed E-state index contributed by atoms with van der Waals surface area (Å²) in [6.07, 6.45) is 0. The van der Waals surface area contributed by atoms with E-state index in [1.54, 1.807) is 0 Å². The van der Waals surface area contributed by atoms with Gasteiger partial charge in [0.25, 0.3) is 0 Å². The van der Waals surface area contributed by atoms with E-state index in [2.05, 4.69) is 72.0 Å². The molecule has 0 spiro atoms. The molecule has 0 heterocycles. The standard InChI is InChI=1S/C12H12Si.C7H10NPSi.CH4O/c1-3-7-11(8-4-1)13-12-9-5-2-6-10-12;1-9-10-8-7-5-3-2-4-6-7;1-2/h1-10H,13H2;2-6,9-10H,1H3;2H,1H3. The molecule has 0 bridgehead atoms. The second kappa shape index (κ2) is 14.6. The summed E-state index contributed by atoms with van der Waals surface area (Å²) in [5.41, 5.74) is 1.13. The molecular formula is C20H26NOPSi2. The maximum absolute atomic E-state index is 7.00. The largest absolute Gasteiger partial charge is 0.400 e. The number of aliphatic hydroxyl groups excluding tert-OH is 1. The Morgan fingerprint density at radius 3 is 1.52 bits per heavy atom. The maximum atomic E-state index is 7.00. The van der Waals surface area contributed by atoms with Crippen molar-refractivity contribution in [3.8, 4) is 0 Å². The van der Waals surface area contributed by atoms with Crippen LogP contribution in [0.5, 0.6) is 0 Å². The molecule has 5 heteroatoms. The third kappa shape index (κ3) is 10.00. The topological polar surface area (TPSA) is 32.6 Å². The van der Waals surface area contributed by atoms with E-state index >= 15 is 0 Å². The number of rotatable bonds is 4. The molecule has 25 heavy (non-hydrogen) atoms. The van der Waals surface area contributed by atoms with Crippen LogP contribution >= 0.6 is 8.13 Å². The Hall–Kier alpha value is -1.72. The summed E-state index contributed by atoms with van der Waals surface area (Å²) in [5, 5.41) is 10.0. The molecule has 0 radical (unpaired) electrons. The van der Waals surface area contributed by atoms with Crippen LogP contribution in [0.1, 0.15) is 0 Å². The van der Waals surface area contributed by atoms with Gasteiger partial charge >= 0.3 is 0 Å². The first-order chi connectivity index (χ1) is 12.4. The van der Waals surface area contributed by atoms with Gasteiger partial charge in [0.2, 0.25) is 0 Å². The fourth-order valence-corrected chi connectivity index (χ4v) is 4.85. The molecule has 3 aromatic carbocycles. The number of aliphatic hydroxyl groups is 1. The highest BCUT2D eigenvalue weighted by atomic mass is 31.3. The molecule has 0 aliphatic heterocycles.